The number of nitrogens with one attached hydrogen (secondary N) is 1. The summed E-state index contributed by atoms with van der Waals surface area (Å²) in [6.45, 7) is 0.494. The molecule has 0 spiro atoms. The van der Waals surface area contributed by atoms with Gasteiger partial charge in [-0.15, -0.1) is 0 Å². The predicted molar refractivity (Wildman–Crippen MR) is 130 cm³/mol. The van der Waals surface area contributed by atoms with Crippen LogP contribution in [0.25, 0.3) is 22.9 Å². The maximum atomic E-state index is 12.8. The minimum atomic E-state index is -0.339. The number of carbonyl (C=O) groups is 1. The fourth-order valence-electron chi connectivity index (χ4n) is 4.57. The van der Waals surface area contributed by atoms with Gasteiger partial charge in [0.2, 0.25) is 0 Å². The number of piperidine rings is 1. The molecule has 1 amide bonds. The number of amides is 1. The zero-order valence-electron chi connectivity index (χ0n) is 18.7. The molecule has 3 heterocycles. The molecule has 2 atom stereocenters. The molecule has 0 radical (unpaired) electrons. The highest BCUT2D eigenvalue weighted by atomic mass is 35.5. The standard InChI is InChI=1S/C26H24ClN5O2/c1-34-26(33)32-16-19(10-13-21(32)17-6-3-2-4-7-17)22-23(25-28-14-5-15-29-25)31-24(30-22)18-8-11-20(27)12-9-18/h2-9,11-12,14-15,19,21H,10,13,16H2,1H3,(H,30,31)/t19-,21+/m0/s1. The van der Waals surface area contributed by atoms with Gasteiger partial charge in [-0.25, -0.2) is 19.7 Å². The van der Waals surface area contributed by atoms with Crippen LogP contribution in [-0.2, 0) is 4.74 Å². The molecule has 0 unspecified atom stereocenters. The van der Waals surface area contributed by atoms with Gasteiger partial charge < -0.3 is 14.6 Å². The lowest BCUT2D eigenvalue weighted by atomic mass is 9.86. The van der Waals surface area contributed by atoms with Gasteiger partial charge in [-0.3, -0.25) is 0 Å². The first kappa shape index (κ1) is 22.1. The lowest BCUT2D eigenvalue weighted by Crippen LogP contribution is -2.41. The minimum Gasteiger partial charge on any atom is -0.453 e. The Morgan fingerprint density at radius 3 is 2.47 bits per heavy atom. The molecule has 5 rings (SSSR count). The molecular weight excluding hydrogens is 450 g/mol. The Balaban J connectivity index is 1.53. The van der Waals surface area contributed by atoms with E-state index in [4.69, 9.17) is 21.3 Å². The number of methoxy groups -OCH3 is 1. The molecule has 0 saturated carbocycles. The van der Waals surface area contributed by atoms with Gasteiger partial charge >= 0.3 is 6.09 Å². The van der Waals surface area contributed by atoms with E-state index in [0.717, 1.165) is 29.7 Å². The van der Waals surface area contributed by atoms with Gasteiger partial charge in [0, 0.05) is 35.4 Å². The highest BCUT2D eigenvalue weighted by molar-refractivity contribution is 6.30. The summed E-state index contributed by atoms with van der Waals surface area (Å²) in [5.74, 6) is 1.28. The quantitative estimate of drug-likeness (QED) is 0.400. The summed E-state index contributed by atoms with van der Waals surface area (Å²) in [6.07, 6.45) is 4.74. The first-order valence-corrected chi connectivity index (χ1v) is 11.5. The fourth-order valence-corrected chi connectivity index (χ4v) is 4.69. The van der Waals surface area contributed by atoms with Crippen LogP contribution in [-0.4, -0.2) is 44.6 Å². The molecule has 0 aliphatic carbocycles. The van der Waals surface area contributed by atoms with Crippen molar-refractivity contribution in [2.45, 2.75) is 24.8 Å². The summed E-state index contributed by atoms with van der Waals surface area (Å²) >= 11 is 6.08. The highest BCUT2D eigenvalue weighted by Gasteiger charge is 2.36. The van der Waals surface area contributed by atoms with Crippen molar-refractivity contribution < 1.29 is 9.53 Å². The molecule has 1 saturated heterocycles. The molecule has 1 N–H and O–H groups in total. The number of carbonyl (C=O) groups excluding carboxylic acids is 1. The Hall–Kier alpha value is -3.71. The number of H-pyrrole nitrogens is 1. The lowest BCUT2D eigenvalue weighted by Gasteiger charge is -2.38. The van der Waals surface area contributed by atoms with Crippen molar-refractivity contribution in [3.8, 4) is 22.9 Å². The van der Waals surface area contributed by atoms with E-state index in [1.165, 1.54) is 7.11 Å². The van der Waals surface area contributed by atoms with E-state index in [1.807, 2.05) is 47.4 Å². The van der Waals surface area contributed by atoms with Crippen LogP contribution in [0.3, 0.4) is 0 Å². The van der Waals surface area contributed by atoms with E-state index in [1.54, 1.807) is 18.5 Å². The highest BCUT2D eigenvalue weighted by Crippen LogP contribution is 2.40. The van der Waals surface area contributed by atoms with Gasteiger partial charge in [0.1, 0.15) is 11.5 Å². The smallest absolute Gasteiger partial charge is 0.410 e. The molecule has 1 aliphatic heterocycles. The molecule has 8 heteroatoms. The number of hydrogen-bond acceptors (Lipinski definition) is 5. The zero-order chi connectivity index (χ0) is 23.5. The summed E-state index contributed by atoms with van der Waals surface area (Å²) < 4.78 is 5.15. The van der Waals surface area contributed by atoms with Gasteiger partial charge in [0.25, 0.3) is 0 Å². The number of aromatic nitrogens is 4. The molecule has 2 aromatic carbocycles. The third-order valence-electron chi connectivity index (χ3n) is 6.21. The van der Waals surface area contributed by atoms with Crippen molar-refractivity contribution in [3.05, 3.63) is 89.3 Å². The van der Waals surface area contributed by atoms with Crippen molar-refractivity contribution in [2.75, 3.05) is 13.7 Å². The molecule has 2 aromatic heterocycles. The lowest BCUT2D eigenvalue weighted by molar-refractivity contribution is 0.0830. The number of nitrogens with zero attached hydrogens (tertiary/aromatic N) is 4. The molecule has 7 nitrogen and oxygen atoms in total. The fraction of sp³-hybridized carbons (Fsp3) is 0.231. The second-order valence-corrected chi connectivity index (χ2v) is 8.69. The number of hydrogen-bond donors (Lipinski definition) is 1. The van der Waals surface area contributed by atoms with Crippen LogP contribution in [0.4, 0.5) is 4.79 Å². The Kier molecular flexibility index (Phi) is 6.27. The second-order valence-electron chi connectivity index (χ2n) is 8.25. The zero-order valence-corrected chi connectivity index (χ0v) is 19.4. The summed E-state index contributed by atoms with van der Waals surface area (Å²) in [6, 6.07) is 19.3. The Morgan fingerprint density at radius 1 is 1.03 bits per heavy atom. The van der Waals surface area contributed by atoms with Crippen molar-refractivity contribution >= 4 is 17.7 Å². The van der Waals surface area contributed by atoms with Gasteiger partial charge in [0.15, 0.2) is 5.82 Å². The van der Waals surface area contributed by atoms with Gasteiger partial charge in [-0.1, -0.05) is 41.9 Å². The van der Waals surface area contributed by atoms with E-state index < -0.39 is 0 Å². The van der Waals surface area contributed by atoms with Crippen LogP contribution >= 0.6 is 11.6 Å². The number of halogens is 1. The SMILES string of the molecule is COC(=O)N1C[C@@H](c2[nH]c(-c3ccc(Cl)cc3)nc2-c2ncccn2)CC[C@@H]1c1ccccc1. The molecule has 1 aliphatic rings. The third-order valence-corrected chi connectivity index (χ3v) is 6.46. The third kappa shape index (κ3) is 4.39. The van der Waals surface area contributed by atoms with Gasteiger partial charge in [-0.2, -0.15) is 0 Å². The largest absolute Gasteiger partial charge is 0.453 e. The van der Waals surface area contributed by atoms with E-state index in [-0.39, 0.29) is 18.1 Å². The summed E-state index contributed by atoms with van der Waals surface area (Å²) in [4.78, 5) is 31.8. The van der Waals surface area contributed by atoms with Crippen LogP contribution < -0.4 is 0 Å². The van der Waals surface area contributed by atoms with Crippen molar-refractivity contribution in [2.24, 2.45) is 0 Å². The number of benzene rings is 2. The van der Waals surface area contributed by atoms with E-state index in [2.05, 4.69) is 27.1 Å². The molecule has 0 bridgehead atoms. The molecule has 34 heavy (non-hydrogen) atoms. The second kappa shape index (κ2) is 9.65. The molecule has 1 fully saturated rings. The number of aromatic amines is 1. The van der Waals surface area contributed by atoms with Crippen LogP contribution in [0.1, 0.15) is 36.1 Å². The minimum absolute atomic E-state index is 0.0198. The van der Waals surface area contributed by atoms with Crippen LogP contribution in [0.2, 0.25) is 5.02 Å². The Bertz CT molecular complexity index is 1260. The van der Waals surface area contributed by atoms with E-state index >= 15 is 0 Å². The van der Waals surface area contributed by atoms with Crippen molar-refractivity contribution in [3.63, 3.8) is 0 Å². The number of rotatable bonds is 4. The number of ether oxygens (including phenoxy) is 1. The maximum Gasteiger partial charge on any atom is 0.410 e. The topological polar surface area (TPSA) is 84.0 Å². The Labute approximate surface area is 202 Å². The monoisotopic (exact) mass is 473 g/mol. The maximum absolute atomic E-state index is 12.8. The molecule has 4 aromatic rings. The van der Waals surface area contributed by atoms with Crippen LogP contribution in [0, 0.1) is 0 Å². The average molecular weight is 474 g/mol. The first-order chi connectivity index (χ1) is 16.6. The molecular formula is C26H24ClN5O2. The van der Waals surface area contributed by atoms with Gasteiger partial charge in [-0.05, 0) is 48.7 Å². The van der Waals surface area contributed by atoms with Crippen LogP contribution in [0.15, 0.2) is 73.1 Å². The summed E-state index contributed by atoms with van der Waals surface area (Å²) in [7, 11) is 1.42. The molecule has 172 valence electrons. The van der Waals surface area contributed by atoms with E-state index in [0.29, 0.717) is 28.9 Å². The normalized spacial score (nSPS) is 18.0. The van der Waals surface area contributed by atoms with E-state index in [9.17, 15) is 4.79 Å². The van der Waals surface area contributed by atoms with Crippen LogP contribution in [0.5, 0.6) is 0 Å². The number of likely N-dealkylation sites (tertiary alicyclic amines) is 1. The predicted octanol–water partition coefficient (Wildman–Crippen LogP) is 5.87. The Morgan fingerprint density at radius 2 is 1.76 bits per heavy atom. The average Bonchev–Trinajstić information content (AvgIpc) is 3.35. The summed E-state index contributed by atoms with van der Waals surface area (Å²) in [5, 5.41) is 0.662. The number of imidazole rings is 1. The van der Waals surface area contributed by atoms with Crippen molar-refractivity contribution in [1.82, 2.24) is 24.8 Å². The first-order valence-electron chi connectivity index (χ1n) is 11.2. The summed E-state index contributed by atoms with van der Waals surface area (Å²) in [5.41, 5.74) is 3.62. The van der Waals surface area contributed by atoms with Gasteiger partial charge in [0.05, 0.1) is 18.8 Å². The van der Waals surface area contributed by atoms with Crippen molar-refractivity contribution in [1.29, 1.82) is 0 Å².